The van der Waals surface area contributed by atoms with Crippen LogP contribution in [-0.2, 0) is 9.53 Å². The number of nitrogens with zero attached hydrogens (tertiary/aromatic N) is 2. The SMILES string of the molecule is CCCCCCCCCCCCCCCCCCCCCC(=O)OC[N+]1(CCCCOc2ccc3ccc(=O)[nH]c3c2)CCN(c2cccc3sccc23)CC1. The minimum atomic E-state index is -0.109. The number of carbonyl (C=O) groups excluding carboxylic acids is 1. The molecule has 1 aliphatic heterocycles. The number of anilines is 1. The van der Waals surface area contributed by atoms with E-state index in [4.69, 9.17) is 9.47 Å². The van der Waals surface area contributed by atoms with Gasteiger partial charge in [-0.3, -0.25) is 14.1 Å². The third kappa shape index (κ3) is 15.2. The number of piperazine rings is 1. The quantitative estimate of drug-likeness (QED) is 0.0337. The number of ether oxygens (including phenoxy) is 2. The molecular formula is C48H72N3O4S+. The monoisotopic (exact) mass is 787 g/mol. The highest BCUT2D eigenvalue weighted by atomic mass is 32.1. The Morgan fingerprint density at radius 1 is 0.732 bits per heavy atom. The molecule has 5 rings (SSSR count). The summed E-state index contributed by atoms with van der Waals surface area (Å²) in [7, 11) is 0. The summed E-state index contributed by atoms with van der Waals surface area (Å²) in [5.74, 6) is 0.723. The molecule has 308 valence electrons. The molecular weight excluding hydrogens is 715 g/mol. The molecule has 0 saturated carbocycles. The van der Waals surface area contributed by atoms with Crippen molar-refractivity contribution in [3.8, 4) is 5.75 Å². The number of hydrogen-bond donors (Lipinski definition) is 1. The molecule has 0 unspecified atom stereocenters. The summed E-state index contributed by atoms with van der Waals surface area (Å²) in [5.41, 5.74) is 1.99. The predicted octanol–water partition coefficient (Wildman–Crippen LogP) is 12.6. The van der Waals surface area contributed by atoms with Gasteiger partial charge in [0.2, 0.25) is 12.3 Å². The molecule has 0 bridgehead atoms. The number of rotatable bonds is 29. The molecule has 2 aromatic heterocycles. The molecule has 0 aliphatic carbocycles. The van der Waals surface area contributed by atoms with E-state index in [1.807, 2.05) is 24.3 Å². The van der Waals surface area contributed by atoms with Crippen LogP contribution in [0.3, 0.4) is 0 Å². The number of aromatic amines is 1. The van der Waals surface area contributed by atoms with Crippen LogP contribution in [0.2, 0.25) is 0 Å². The summed E-state index contributed by atoms with van der Waals surface area (Å²) < 4.78 is 14.3. The van der Waals surface area contributed by atoms with E-state index in [0.717, 1.165) is 79.5 Å². The van der Waals surface area contributed by atoms with Crippen LogP contribution in [-0.4, -0.2) is 61.5 Å². The number of nitrogens with one attached hydrogen (secondary N) is 1. The Balaban J connectivity index is 0.948. The smallest absolute Gasteiger partial charge is 0.310 e. The lowest BCUT2D eigenvalue weighted by Gasteiger charge is -2.45. The van der Waals surface area contributed by atoms with Crippen LogP contribution in [0.5, 0.6) is 5.75 Å². The van der Waals surface area contributed by atoms with Gasteiger partial charge < -0.3 is 19.4 Å². The standard InChI is InChI=1S/C48H71N3O4S/c1-2-3-4-5-6-7-8-9-10-11-12-13-14-15-16-17-18-19-20-26-48(53)55-40-51(35-32-50(33-36-51)45-24-23-25-46-43(45)31-38-56-46)34-21-22-37-54-42-29-27-41-28-30-47(52)49-44(41)39-42/h23-25,27-31,38-39H,2-22,26,32-37,40H2,1H3/p+1. The Morgan fingerprint density at radius 2 is 1.36 bits per heavy atom. The van der Waals surface area contributed by atoms with E-state index >= 15 is 0 Å². The van der Waals surface area contributed by atoms with Crippen molar-refractivity contribution in [1.29, 1.82) is 0 Å². The Morgan fingerprint density at radius 3 is 2.02 bits per heavy atom. The van der Waals surface area contributed by atoms with Gasteiger partial charge in [-0.05, 0) is 66.4 Å². The van der Waals surface area contributed by atoms with E-state index in [2.05, 4.69) is 46.5 Å². The van der Waals surface area contributed by atoms with Gasteiger partial charge in [0.1, 0.15) is 5.75 Å². The van der Waals surface area contributed by atoms with Crippen LogP contribution in [0.1, 0.15) is 148 Å². The number of fused-ring (bicyclic) bond motifs is 2. The van der Waals surface area contributed by atoms with Gasteiger partial charge in [0.15, 0.2) is 0 Å². The summed E-state index contributed by atoms with van der Waals surface area (Å²) in [6, 6.07) is 18.1. The lowest BCUT2D eigenvalue weighted by Crippen LogP contribution is -2.61. The zero-order valence-electron chi connectivity index (χ0n) is 34.7. The number of carbonyl (C=O) groups is 1. The van der Waals surface area contributed by atoms with E-state index in [9.17, 15) is 9.59 Å². The molecule has 3 heterocycles. The van der Waals surface area contributed by atoms with Gasteiger partial charge >= 0.3 is 5.97 Å². The van der Waals surface area contributed by atoms with Gasteiger partial charge in [0, 0.05) is 34.3 Å². The van der Waals surface area contributed by atoms with E-state index in [-0.39, 0.29) is 11.5 Å². The van der Waals surface area contributed by atoms with Crippen LogP contribution in [0.15, 0.2) is 64.8 Å². The van der Waals surface area contributed by atoms with Crippen molar-refractivity contribution in [3.63, 3.8) is 0 Å². The maximum Gasteiger partial charge on any atom is 0.310 e. The Kier molecular flexibility index (Phi) is 19.6. The van der Waals surface area contributed by atoms with Crippen molar-refractivity contribution in [2.24, 2.45) is 0 Å². The molecule has 1 aliphatic rings. The molecule has 4 aromatic rings. The zero-order valence-corrected chi connectivity index (χ0v) is 35.5. The lowest BCUT2D eigenvalue weighted by atomic mass is 10.0. The molecule has 1 N–H and O–H groups in total. The second-order valence-electron chi connectivity index (χ2n) is 16.5. The number of esters is 1. The predicted molar refractivity (Wildman–Crippen MR) is 237 cm³/mol. The van der Waals surface area contributed by atoms with Crippen LogP contribution >= 0.6 is 11.3 Å². The van der Waals surface area contributed by atoms with Crippen molar-refractivity contribution in [1.82, 2.24) is 4.98 Å². The van der Waals surface area contributed by atoms with E-state index in [0.29, 0.717) is 19.8 Å². The molecule has 8 heteroatoms. The van der Waals surface area contributed by atoms with E-state index in [1.165, 1.54) is 125 Å². The number of hydrogen-bond acceptors (Lipinski definition) is 6. The summed E-state index contributed by atoms with van der Waals surface area (Å²) in [5, 5.41) is 4.50. The molecule has 0 spiro atoms. The number of quaternary nitrogens is 1. The minimum absolute atomic E-state index is 0.0439. The first-order chi connectivity index (χ1) is 27.5. The van der Waals surface area contributed by atoms with Crippen molar-refractivity contribution in [2.75, 3.05) is 51.0 Å². The second kappa shape index (κ2) is 25.1. The highest BCUT2D eigenvalue weighted by Gasteiger charge is 2.34. The molecule has 0 radical (unpaired) electrons. The molecule has 0 atom stereocenters. The van der Waals surface area contributed by atoms with Crippen LogP contribution < -0.4 is 15.2 Å². The largest absolute Gasteiger partial charge is 0.494 e. The van der Waals surface area contributed by atoms with Crippen LogP contribution in [0.4, 0.5) is 5.69 Å². The summed E-state index contributed by atoms with van der Waals surface area (Å²) >= 11 is 1.80. The summed E-state index contributed by atoms with van der Waals surface area (Å²) in [6.07, 6.45) is 28.1. The van der Waals surface area contributed by atoms with Crippen molar-refractivity contribution in [2.45, 2.75) is 148 Å². The lowest BCUT2D eigenvalue weighted by molar-refractivity contribution is -0.944. The Hall–Kier alpha value is -3.36. The third-order valence-corrected chi connectivity index (χ3v) is 12.9. The van der Waals surface area contributed by atoms with Crippen molar-refractivity contribution in [3.05, 3.63) is 70.3 Å². The van der Waals surface area contributed by atoms with Crippen LogP contribution in [0, 0.1) is 0 Å². The zero-order chi connectivity index (χ0) is 39.1. The van der Waals surface area contributed by atoms with Crippen molar-refractivity contribution < 1.29 is 18.8 Å². The molecule has 2 aromatic carbocycles. The maximum atomic E-state index is 13.0. The topological polar surface area (TPSA) is 71.6 Å². The van der Waals surface area contributed by atoms with Crippen molar-refractivity contribution >= 4 is 44.0 Å². The van der Waals surface area contributed by atoms with E-state index < -0.39 is 0 Å². The number of pyridine rings is 1. The van der Waals surface area contributed by atoms with Gasteiger partial charge in [-0.2, -0.15) is 0 Å². The Labute approximate surface area is 341 Å². The van der Waals surface area contributed by atoms with Gasteiger partial charge in [0.05, 0.1) is 44.8 Å². The first-order valence-electron chi connectivity index (χ1n) is 22.5. The highest BCUT2D eigenvalue weighted by molar-refractivity contribution is 7.17. The number of unbranched alkanes of at least 4 members (excludes halogenated alkanes) is 19. The fraction of sp³-hybridized carbons (Fsp3) is 0.625. The van der Waals surface area contributed by atoms with Gasteiger partial charge in [0.25, 0.3) is 0 Å². The molecule has 7 nitrogen and oxygen atoms in total. The first-order valence-corrected chi connectivity index (χ1v) is 23.4. The average molecular weight is 787 g/mol. The van der Waals surface area contributed by atoms with E-state index in [1.54, 1.807) is 17.4 Å². The summed E-state index contributed by atoms with van der Waals surface area (Å²) in [6.45, 7) is 8.09. The molecule has 0 amide bonds. The number of H-pyrrole nitrogens is 1. The number of thiophene rings is 1. The summed E-state index contributed by atoms with van der Waals surface area (Å²) in [4.78, 5) is 30.1. The van der Waals surface area contributed by atoms with Crippen LogP contribution in [0.25, 0.3) is 21.0 Å². The Bertz CT molecular complexity index is 1740. The van der Waals surface area contributed by atoms with Gasteiger partial charge in [-0.25, -0.2) is 0 Å². The molecule has 1 fully saturated rings. The minimum Gasteiger partial charge on any atom is -0.494 e. The third-order valence-electron chi connectivity index (χ3n) is 12.0. The fourth-order valence-electron chi connectivity index (χ4n) is 8.39. The molecule has 56 heavy (non-hydrogen) atoms. The highest BCUT2D eigenvalue weighted by Crippen LogP contribution is 2.32. The average Bonchev–Trinajstić information content (AvgIpc) is 3.71. The molecule has 1 saturated heterocycles. The van der Waals surface area contributed by atoms with Gasteiger partial charge in [-0.1, -0.05) is 129 Å². The number of benzene rings is 2. The normalized spacial score (nSPS) is 14.1. The number of aromatic nitrogens is 1. The first kappa shape index (κ1) is 43.8. The fourth-order valence-corrected chi connectivity index (χ4v) is 9.20. The maximum absolute atomic E-state index is 13.0. The van der Waals surface area contributed by atoms with Gasteiger partial charge in [-0.15, -0.1) is 11.3 Å². The second-order valence-corrected chi connectivity index (χ2v) is 17.4.